The quantitative estimate of drug-likeness (QED) is 0.508. The zero-order valence-corrected chi connectivity index (χ0v) is 6.59. The predicted molar refractivity (Wildman–Crippen MR) is 43.4 cm³/mol. The molecule has 0 aliphatic heterocycles. The number of aryl methyl sites for hydroxylation is 2. The van der Waals surface area contributed by atoms with Crippen LogP contribution in [0.2, 0.25) is 0 Å². The van der Waals surface area contributed by atoms with Gasteiger partial charge in [0.25, 0.3) is 0 Å². The number of terminal acetylenes is 1. The molecule has 0 unspecified atom stereocenters. The summed E-state index contributed by atoms with van der Waals surface area (Å²) in [6.45, 7) is 3.70. The van der Waals surface area contributed by atoms with Gasteiger partial charge in [-0.25, -0.2) is 0 Å². The van der Waals surface area contributed by atoms with Crippen molar-refractivity contribution in [3.05, 3.63) is 23.5 Å². The van der Waals surface area contributed by atoms with Crippen LogP contribution in [-0.4, -0.2) is 10.5 Å². The van der Waals surface area contributed by atoms with E-state index in [0.29, 0.717) is 0 Å². The second-order valence-electron chi connectivity index (χ2n) is 2.40. The number of aromatic nitrogens is 1. The molecule has 0 aliphatic rings. The van der Waals surface area contributed by atoms with Crippen molar-refractivity contribution in [3.8, 4) is 12.3 Å². The lowest BCUT2D eigenvalue weighted by Gasteiger charge is -2.00. The van der Waals surface area contributed by atoms with Crippen molar-refractivity contribution in [2.24, 2.45) is 0 Å². The zero-order chi connectivity index (χ0) is 8.43. The summed E-state index contributed by atoms with van der Waals surface area (Å²) in [5, 5.41) is 0. The summed E-state index contributed by atoms with van der Waals surface area (Å²) in [7, 11) is 0. The lowest BCUT2D eigenvalue weighted by molar-refractivity contribution is 0.0976. The average molecular weight is 147 g/mol. The minimum absolute atomic E-state index is 0.301. The van der Waals surface area contributed by atoms with Gasteiger partial charge in [0.15, 0.2) is 0 Å². The van der Waals surface area contributed by atoms with Crippen molar-refractivity contribution >= 4 is 5.91 Å². The molecule has 0 saturated carbocycles. The molecule has 0 aliphatic carbocycles. The molecule has 1 heterocycles. The van der Waals surface area contributed by atoms with Crippen molar-refractivity contribution in [2.45, 2.75) is 13.8 Å². The smallest absolute Gasteiger partial charge is 0.278 e. The number of hydrogen-bond donors (Lipinski definition) is 0. The van der Waals surface area contributed by atoms with Crippen LogP contribution >= 0.6 is 0 Å². The molecule has 0 fully saturated rings. The summed E-state index contributed by atoms with van der Waals surface area (Å²) >= 11 is 0. The van der Waals surface area contributed by atoms with Gasteiger partial charge in [-0.3, -0.25) is 9.36 Å². The number of hydrogen-bond acceptors (Lipinski definition) is 1. The predicted octanol–water partition coefficient (Wildman–Crippen LogP) is 1.38. The van der Waals surface area contributed by atoms with Gasteiger partial charge in [0, 0.05) is 11.4 Å². The Balaban J connectivity index is 3.23. The van der Waals surface area contributed by atoms with Crippen LogP contribution in [0.25, 0.3) is 0 Å². The zero-order valence-electron chi connectivity index (χ0n) is 6.59. The van der Waals surface area contributed by atoms with Gasteiger partial charge in [-0.15, -0.1) is 6.42 Å². The molecule has 1 aromatic heterocycles. The SMILES string of the molecule is C#CC(=O)n1c(C)ccc1C. The summed E-state index contributed by atoms with van der Waals surface area (Å²) in [5.41, 5.74) is 1.76. The van der Waals surface area contributed by atoms with Gasteiger partial charge < -0.3 is 0 Å². The Morgan fingerprint density at radius 3 is 2.27 bits per heavy atom. The Bertz CT molecular complexity index is 308. The lowest BCUT2D eigenvalue weighted by Crippen LogP contribution is -2.10. The maximum absolute atomic E-state index is 11.0. The van der Waals surface area contributed by atoms with E-state index in [0.717, 1.165) is 11.4 Å². The van der Waals surface area contributed by atoms with Crippen LogP contribution in [0.4, 0.5) is 0 Å². The van der Waals surface area contributed by atoms with Crippen molar-refractivity contribution in [1.29, 1.82) is 0 Å². The number of nitrogens with zero attached hydrogens (tertiary/aromatic N) is 1. The van der Waals surface area contributed by atoms with Gasteiger partial charge in [-0.05, 0) is 31.9 Å². The maximum atomic E-state index is 11.0. The molecular weight excluding hydrogens is 138 g/mol. The Labute approximate surface area is 65.8 Å². The summed E-state index contributed by atoms with van der Waals surface area (Å²) < 4.78 is 1.51. The third-order valence-corrected chi connectivity index (χ3v) is 1.60. The highest BCUT2D eigenvalue weighted by molar-refractivity contribution is 5.95. The molecule has 2 heteroatoms. The van der Waals surface area contributed by atoms with Gasteiger partial charge in [0.1, 0.15) is 0 Å². The molecule has 56 valence electrons. The minimum atomic E-state index is -0.301. The van der Waals surface area contributed by atoms with Crippen LogP contribution in [0, 0.1) is 26.2 Å². The highest BCUT2D eigenvalue weighted by Crippen LogP contribution is 2.05. The van der Waals surface area contributed by atoms with Gasteiger partial charge >= 0.3 is 5.91 Å². The van der Waals surface area contributed by atoms with Crippen LogP contribution < -0.4 is 0 Å². The fourth-order valence-corrected chi connectivity index (χ4v) is 1.05. The molecule has 2 nitrogen and oxygen atoms in total. The van der Waals surface area contributed by atoms with Crippen LogP contribution in [0.3, 0.4) is 0 Å². The summed E-state index contributed by atoms with van der Waals surface area (Å²) in [6.07, 6.45) is 4.98. The highest BCUT2D eigenvalue weighted by atomic mass is 16.1. The molecular formula is C9H9NO. The summed E-state index contributed by atoms with van der Waals surface area (Å²) in [5.74, 6) is 1.77. The molecule has 1 rings (SSSR count). The number of rotatable bonds is 0. The maximum Gasteiger partial charge on any atom is 0.306 e. The number of carbonyl (C=O) groups excluding carboxylic acids is 1. The Kier molecular flexibility index (Phi) is 1.82. The monoisotopic (exact) mass is 147 g/mol. The van der Waals surface area contributed by atoms with E-state index in [9.17, 15) is 4.79 Å². The van der Waals surface area contributed by atoms with Crippen LogP contribution in [0.5, 0.6) is 0 Å². The number of carbonyl (C=O) groups is 1. The first-order valence-electron chi connectivity index (χ1n) is 3.32. The molecule has 0 saturated heterocycles. The second kappa shape index (κ2) is 2.63. The average Bonchev–Trinajstić information content (AvgIpc) is 2.30. The molecule has 0 bridgehead atoms. The second-order valence-corrected chi connectivity index (χ2v) is 2.40. The third-order valence-electron chi connectivity index (χ3n) is 1.60. The third kappa shape index (κ3) is 1.18. The van der Waals surface area contributed by atoms with E-state index >= 15 is 0 Å². The molecule has 0 N–H and O–H groups in total. The first-order chi connectivity index (χ1) is 5.16. The Morgan fingerprint density at radius 2 is 1.91 bits per heavy atom. The lowest BCUT2D eigenvalue weighted by atomic mass is 10.5. The van der Waals surface area contributed by atoms with Crippen molar-refractivity contribution in [2.75, 3.05) is 0 Å². The van der Waals surface area contributed by atoms with Crippen molar-refractivity contribution in [3.63, 3.8) is 0 Å². The van der Waals surface area contributed by atoms with Gasteiger partial charge in [-0.2, -0.15) is 0 Å². The van der Waals surface area contributed by atoms with E-state index in [2.05, 4.69) is 5.92 Å². The summed E-state index contributed by atoms with van der Waals surface area (Å²) in [4.78, 5) is 11.0. The molecule has 0 atom stereocenters. The van der Waals surface area contributed by atoms with E-state index in [1.807, 2.05) is 26.0 Å². The largest absolute Gasteiger partial charge is 0.306 e. The highest BCUT2D eigenvalue weighted by Gasteiger charge is 2.05. The topological polar surface area (TPSA) is 22.0 Å². The van der Waals surface area contributed by atoms with Gasteiger partial charge in [0.05, 0.1) is 0 Å². The van der Waals surface area contributed by atoms with Crippen LogP contribution in [-0.2, 0) is 0 Å². The fraction of sp³-hybridized carbons (Fsp3) is 0.222. The van der Waals surface area contributed by atoms with E-state index in [4.69, 9.17) is 6.42 Å². The molecule has 0 radical (unpaired) electrons. The van der Waals surface area contributed by atoms with Gasteiger partial charge in [0.2, 0.25) is 0 Å². The summed E-state index contributed by atoms with van der Waals surface area (Å²) in [6, 6.07) is 3.73. The molecule has 1 aromatic rings. The molecule has 11 heavy (non-hydrogen) atoms. The van der Waals surface area contributed by atoms with Crippen LogP contribution in [0.15, 0.2) is 12.1 Å². The van der Waals surface area contributed by atoms with E-state index in [1.54, 1.807) is 0 Å². The van der Waals surface area contributed by atoms with Crippen molar-refractivity contribution < 1.29 is 4.79 Å². The normalized spacial score (nSPS) is 9.18. The molecule has 0 aromatic carbocycles. The van der Waals surface area contributed by atoms with E-state index < -0.39 is 0 Å². The Hall–Kier alpha value is -1.49. The minimum Gasteiger partial charge on any atom is -0.278 e. The first kappa shape index (κ1) is 7.62. The fourth-order valence-electron chi connectivity index (χ4n) is 1.05. The standard InChI is InChI=1S/C9H9NO/c1-4-9(11)10-7(2)5-6-8(10)3/h1,5-6H,2-3H3. The van der Waals surface area contributed by atoms with Crippen molar-refractivity contribution in [1.82, 2.24) is 4.57 Å². The van der Waals surface area contributed by atoms with E-state index in [-0.39, 0.29) is 5.91 Å². The van der Waals surface area contributed by atoms with Gasteiger partial charge in [-0.1, -0.05) is 0 Å². The Morgan fingerprint density at radius 1 is 1.45 bits per heavy atom. The van der Waals surface area contributed by atoms with Crippen LogP contribution in [0.1, 0.15) is 16.2 Å². The molecule has 0 spiro atoms. The molecule has 0 amide bonds. The first-order valence-corrected chi connectivity index (χ1v) is 3.32. The van der Waals surface area contributed by atoms with E-state index in [1.165, 1.54) is 4.57 Å².